The van der Waals surface area contributed by atoms with Crippen molar-refractivity contribution < 1.29 is 9.13 Å². The van der Waals surface area contributed by atoms with E-state index in [1.807, 2.05) is 0 Å². The molecule has 1 aromatic carbocycles. The van der Waals surface area contributed by atoms with E-state index in [0.29, 0.717) is 17.0 Å². The van der Waals surface area contributed by atoms with E-state index in [1.54, 1.807) is 19.1 Å². The molecule has 3 N–H and O–H groups in total. The Morgan fingerprint density at radius 2 is 2.06 bits per heavy atom. The lowest BCUT2D eigenvalue weighted by atomic mass is 10.1. The number of methoxy groups -OCH3 is 1. The Bertz CT molecular complexity index is 574. The first kappa shape index (κ1) is 12.3. The summed E-state index contributed by atoms with van der Waals surface area (Å²) in [5, 5.41) is 0. The van der Waals surface area contributed by atoms with Gasteiger partial charge in [0, 0.05) is 11.3 Å². The summed E-state index contributed by atoms with van der Waals surface area (Å²) in [5.74, 6) is 5.74. The van der Waals surface area contributed by atoms with Gasteiger partial charge >= 0.3 is 0 Å². The molecule has 94 valence electrons. The van der Waals surface area contributed by atoms with Crippen molar-refractivity contribution in [3.8, 4) is 17.0 Å². The van der Waals surface area contributed by atoms with Gasteiger partial charge in [-0.2, -0.15) is 0 Å². The molecule has 0 aliphatic rings. The number of halogens is 1. The minimum atomic E-state index is -0.357. The molecule has 6 heteroatoms. The van der Waals surface area contributed by atoms with Crippen LogP contribution < -0.4 is 16.0 Å². The molecule has 0 aliphatic heterocycles. The zero-order chi connectivity index (χ0) is 13.1. The summed E-state index contributed by atoms with van der Waals surface area (Å²) in [6.07, 6.45) is 0. The van der Waals surface area contributed by atoms with E-state index in [2.05, 4.69) is 15.4 Å². The molecule has 0 saturated heterocycles. The Morgan fingerprint density at radius 1 is 1.28 bits per heavy atom. The number of anilines is 1. The van der Waals surface area contributed by atoms with Crippen LogP contribution in [0.2, 0.25) is 0 Å². The maximum atomic E-state index is 13.3. The van der Waals surface area contributed by atoms with Crippen molar-refractivity contribution in [2.24, 2.45) is 5.84 Å². The molecule has 0 fully saturated rings. The zero-order valence-electron chi connectivity index (χ0n) is 10.1. The van der Waals surface area contributed by atoms with Crippen LogP contribution in [0.1, 0.15) is 5.69 Å². The van der Waals surface area contributed by atoms with Crippen LogP contribution in [0, 0.1) is 12.7 Å². The first-order valence-electron chi connectivity index (χ1n) is 5.30. The van der Waals surface area contributed by atoms with Crippen molar-refractivity contribution in [2.45, 2.75) is 6.92 Å². The molecule has 0 saturated carbocycles. The van der Waals surface area contributed by atoms with E-state index < -0.39 is 0 Å². The molecule has 0 unspecified atom stereocenters. The summed E-state index contributed by atoms with van der Waals surface area (Å²) in [7, 11) is 1.52. The molecule has 0 bridgehead atoms. The highest BCUT2D eigenvalue weighted by atomic mass is 19.1. The van der Waals surface area contributed by atoms with Crippen LogP contribution >= 0.6 is 0 Å². The predicted octanol–water partition coefficient (Wildman–Crippen LogP) is 1.89. The van der Waals surface area contributed by atoms with Crippen LogP contribution in [0.15, 0.2) is 24.3 Å². The number of ether oxygens (including phenoxy) is 1. The molecule has 1 heterocycles. The molecule has 1 aromatic heterocycles. The van der Waals surface area contributed by atoms with Gasteiger partial charge in [-0.1, -0.05) is 0 Å². The van der Waals surface area contributed by atoms with Crippen LogP contribution in [-0.4, -0.2) is 17.1 Å². The van der Waals surface area contributed by atoms with Gasteiger partial charge < -0.3 is 4.74 Å². The van der Waals surface area contributed by atoms with E-state index >= 15 is 0 Å². The summed E-state index contributed by atoms with van der Waals surface area (Å²) in [6, 6.07) is 5.98. The number of hydrogen-bond acceptors (Lipinski definition) is 5. The number of hydrazine groups is 1. The van der Waals surface area contributed by atoms with Gasteiger partial charge in [0.05, 0.1) is 12.8 Å². The van der Waals surface area contributed by atoms with Gasteiger partial charge in [0.2, 0.25) is 5.95 Å². The molecule has 18 heavy (non-hydrogen) atoms. The number of nitrogen functional groups attached to an aromatic ring is 1. The summed E-state index contributed by atoms with van der Waals surface area (Å²) < 4.78 is 18.5. The third-order valence-corrected chi connectivity index (χ3v) is 2.42. The highest BCUT2D eigenvalue weighted by Crippen LogP contribution is 2.29. The van der Waals surface area contributed by atoms with E-state index in [9.17, 15) is 4.39 Å². The minimum absolute atomic E-state index is 0.274. The molecular weight excluding hydrogens is 235 g/mol. The molecule has 2 rings (SSSR count). The van der Waals surface area contributed by atoms with E-state index in [-0.39, 0.29) is 11.8 Å². The number of nitrogens with two attached hydrogens (primary N) is 1. The number of nitrogens with zero attached hydrogens (tertiary/aromatic N) is 2. The minimum Gasteiger partial charge on any atom is -0.496 e. The second-order valence-corrected chi connectivity index (χ2v) is 3.71. The number of hydrogen-bond donors (Lipinski definition) is 2. The van der Waals surface area contributed by atoms with Crippen molar-refractivity contribution in [2.75, 3.05) is 12.5 Å². The van der Waals surface area contributed by atoms with Gasteiger partial charge in [0.1, 0.15) is 11.6 Å². The van der Waals surface area contributed by atoms with Gasteiger partial charge in [-0.15, -0.1) is 0 Å². The van der Waals surface area contributed by atoms with Crippen LogP contribution in [0.25, 0.3) is 11.3 Å². The average Bonchev–Trinajstić information content (AvgIpc) is 2.38. The number of aryl methyl sites for hydroxylation is 1. The van der Waals surface area contributed by atoms with Crippen molar-refractivity contribution in [1.29, 1.82) is 0 Å². The van der Waals surface area contributed by atoms with E-state index in [4.69, 9.17) is 10.6 Å². The van der Waals surface area contributed by atoms with Crippen LogP contribution in [-0.2, 0) is 0 Å². The number of aromatic nitrogens is 2. The molecule has 0 atom stereocenters. The monoisotopic (exact) mass is 248 g/mol. The maximum absolute atomic E-state index is 13.3. The Balaban J connectivity index is 2.60. The van der Waals surface area contributed by atoms with Gasteiger partial charge in [0.15, 0.2) is 0 Å². The lowest BCUT2D eigenvalue weighted by molar-refractivity contribution is 0.415. The molecule has 0 amide bonds. The normalized spacial score (nSPS) is 10.2. The van der Waals surface area contributed by atoms with E-state index in [0.717, 1.165) is 5.69 Å². The second kappa shape index (κ2) is 4.97. The number of nitrogens with one attached hydrogen (secondary N) is 1. The highest BCUT2D eigenvalue weighted by molar-refractivity contribution is 5.68. The van der Waals surface area contributed by atoms with Crippen molar-refractivity contribution in [3.63, 3.8) is 0 Å². The fourth-order valence-electron chi connectivity index (χ4n) is 1.65. The highest BCUT2D eigenvalue weighted by Gasteiger charge is 2.10. The fraction of sp³-hybridized carbons (Fsp3) is 0.167. The fourth-order valence-corrected chi connectivity index (χ4v) is 1.65. The molecule has 0 spiro atoms. The first-order valence-corrected chi connectivity index (χ1v) is 5.30. The van der Waals surface area contributed by atoms with Crippen LogP contribution in [0.3, 0.4) is 0 Å². The maximum Gasteiger partial charge on any atom is 0.237 e. The molecular formula is C12H13FN4O. The Morgan fingerprint density at radius 3 is 2.72 bits per heavy atom. The number of benzene rings is 1. The summed E-state index contributed by atoms with van der Waals surface area (Å²) in [5.41, 5.74) is 4.20. The second-order valence-electron chi connectivity index (χ2n) is 3.71. The Hall–Kier alpha value is -2.21. The smallest absolute Gasteiger partial charge is 0.237 e. The average molecular weight is 248 g/mol. The molecule has 2 aromatic rings. The molecule has 0 radical (unpaired) electrons. The van der Waals surface area contributed by atoms with Gasteiger partial charge in [0.25, 0.3) is 0 Å². The molecule has 0 aliphatic carbocycles. The third-order valence-electron chi connectivity index (χ3n) is 2.42. The lowest BCUT2D eigenvalue weighted by Crippen LogP contribution is -2.11. The Kier molecular flexibility index (Phi) is 3.38. The molecule has 5 nitrogen and oxygen atoms in total. The van der Waals surface area contributed by atoms with Crippen molar-refractivity contribution in [3.05, 3.63) is 35.8 Å². The summed E-state index contributed by atoms with van der Waals surface area (Å²) in [4.78, 5) is 8.25. The van der Waals surface area contributed by atoms with Gasteiger partial charge in [-0.05, 0) is 31.2 Å². The summed E-state index contributed by atoms with van der Waals surface area (Å²) in [6.45, 7) is 1.80. The largest absolute Gasteiger partial charge is 0.496 e. The van der Waals surface area contributed by atoms with Crippen LogP contribution in [0.5, 0.6) is 5.75 Å². The van der Waals surface area contributed by atoms with Crippen LogP contribution in [0.4, 0.5) is 10.3 Å². The standard InChI is InChI=1S/C12H13FN4O/c1-7-5-10(16-12(15-7)17-14)9-6-8(13)3-4-11(9)18-2/h3-6H,14H2,1-2H3,(H,15,16,17). The van der Waals surface area contributed by atoms with Crippen molar-refractivity contribution in [1.82, 2.24) is 9.97 Å². The zero-order valence-corrected chi connectivity index (χ0v) is 10.1. The lowest BCUT2D eigenvalue weighted by Gasteiger charge is -2.09. The Labute approximate surface area is 104 Å². The SMILES string of the molecule is COc1ccc(F)cc1-c1cc(C)nc(NN)n1. The predicted molar refractivity (Wildman–Crippen MR) is 66.5 cm³/mol. The quantitative estimate of drug-likeness (QED) is 0.641. The third kappa shape index (κ3) is 2.38. The van der Waals surface area contributed by atoms with Gasteiger partial charge in [-0.25, -0.2) is 20.2 Å². The van der Waals surface area contributed by atoms with Gasteiger partial charge in [-0.3, -0.25) is 5.43 Å². The van der Waals surface area contributed by atoms with E-state index in [1.165, 1.54) is 19.2 Å². The number of rotatable bonds is 3. The van der Waals surface area contributed by atoms with Crippen molar-refractivity contribution >= 4 is 5.95 Å². The first-order chi connectivity index (χ1) is 8.63. The summed E-state index contributed by atoms with van der Waals surface area (Å²) >= 11 is 0. The topological polar surface area (TPSA) is 73.1 Å².